The zero-order chi connectivity index (χ0) is 12.5. The summed E-state index contributed by atoms with van der Waals surface area (Å²) in [5.41, 5.74) is 2.85. The molecule has 0 aliphatic rings. The molecule has 3 rings (SSSR count). The molecule has 0 saturated heterocycles. The smallest absolute Gasteiger partial charge is 0.343 e. The van der Waals surface area contributed by atoms with Crippen molar-refractivity contribution in [2.75, 3.05) is 0 Å². The largest absolute Gasteiger partial charge is 0.394 e. The van der Waals surface area contributed by atoms with Crippen LogP contribution in [0.3, 0.4) is 0 Å². The number of aromatic nitrogens is 4. The van der Waals surface area contributed by atoms with Crippen LogP contribution in [0.15, 0.2) is 40.8 Å². The van der Waals surface area contributed by atoms with Gasteiger partial charge in [-0.15, -0.1) is 5.10 Å². The van der Waals surface area contributed by atoms with E-state index in [4.69, 9.17) is 16.6 Å². The third kappa shape index (κ3) is 1.86. The van der Waals surface area contributed by atoms with E-state index in [2.05, 4.69) is 15.3 Å². The van der Waals surface area contributed by atoms with E-state index in [0.717, 1.165) is 17.0 Å². The van der Waals surface area contributed by atoms with E-state index in [1.165, 1.54) is 0 Å². The topological polar surface area (TPSA) is 59.6 Å². The summed E-state index contributed by atoms with van der Waals surface area (Å²) >= 11 is 4.87. The number of aryl methyl sites for hydroxylation is 1. The molecule has 0 aliphatic carbocycles. The lowest BCUT2D eigenvalue weighted by Crippen LogP contribution is -1.99. The third-order valence-corrected chi connectivity index (χ3v) is 2.68. The molecule has 0 atom stereocenters. The summed E-state index contributed by atoms with van der Waals surface area (Å²) in [6.07, 6.45) is 0. The van der Waals surface area contributed by atoms with Gasteiger partial charge in [-0.05, 0) is 25.2 Å². The fourth-order valence-electron chi connectivity index (χ4n) is 1.77. The lowest BCUT2D eigenvalue weighted by molar-refractivity contribution is 0.496. The summed E-state index contributed by atoms with van der Waals surface area (Å²) < 4.78 is 6.93. The molecule has 3 aromatic rings. The maximum absolute atomic E-state index is 5.29. The second kappa shape index (κ2) is 4.23. The van der Waals surface area contributed by atoms with Crippen molar-refractivity contribution in [3.8, 4) is 17.3 Å². The van der Waals surface area contributed by atoms with Crippen molar-refractivity contribution >= 4 is 12.2 Å². The van der Waals surface area contributed by atoms with E-state index in [0.29, 0.717) is 6.01 Å². The van der Waals surface area contributed by atoms with Crippen molar-refractivity contribution in [3.05, 3.63) is 46.9 Å². The zero-order valence-electron chi connectivity index (χ0n) is 9.62. The highest BCUT2D eigenvalue weighted by Gasteiger charge is 2.13. The number of nitrogens with one attached hydrogen (secondary N) is 1. The Labute approximate surface area is 108 Å². The Morgan fingerprint density at radius 3 is 2.72 bits per heavy atom. The summed E-state index contributed by atoms with van der Waals surface area (Å²) in [6, 6.07) is 12.2. The Hall–Kier alpha value is -2.21. The van der Waals surface area contributed by atoms with Crippen LogP contribution in [0.5, 0.6) is 0 Å². The van der Waals surface area contributed by atoms with Crippen LogP contribution in [0.25, 0.3) is 17.3 Å². The second-order valence-corrected chi connectivity index (χ2v) is 4.22. The number of benzene rings is 1. The highest BCUT2D eigenvalue weighted by Crippen LogP contribution is 2.22. The zero-order valence-corrected chi connectivity index (χ0v) is 10.4. The Balaban J connectivity index is 2.19. The molecule has 18 heavy (non-hydrogen) atoms. The first kappa shape index (κ1) is 10.9. The Morgan fingerprint density at radius 2 is 2.06 bits per heavy atom. The van der Waals surface area contributed by atoms with Crippen molar-refractivity contribution in [2.24, 2.45) is 0 Å². The fourth-order valence-corrected chi connectivity index (χ4v) is 1.89. The molecule has 0 radical (unpaired) electrons. The Bertz CT molecular complexity index is 726. The van der Waals surface area contributed by atoms with Gasteiger partial charge in [0, 0.05) is 5.56 Å². The van der Waals surface area contributed by atoms with Gasteiger partial charge in [0.2, 0.25) is 0 Å². The lowest BCUT2D eigenvalue weighted by Gasteiger charge is -2.01. The first-order valence-corrected chi connectivity index (χ1v) is 5.83. The summed E-state index contributed by atoms with van der Waals surface area (Å²) in [5.74, 6) is 0. The summed E-state index contributed by atoms with van der Waals surface area (Å²) in [5, 5.41) is 10.9. The molecule has 0 aliphatic heterocycles. The normalized spacial score (nSPS) is 10.7. The molecular formula is C12H10N4OS. The van der Waals surface area contributed by atoms with E-state index in [9.17, 15) is 0 Å². The molecular weight excluding hydrogens is 248 g/mol. The molecule has 0 spiro atoms. The van der Waals surface area contributed by atoms with Gasteiger partial charge in [0.25, 0.3) is 4.84 Å². The van der Waals surface area contributed by atoms with Crippen LogP contribution >= 0.6 is 12.2 Å². The van der Waals surface area contributed by atoms with Gasteiger partial charge in [0.15, 0.2) is 0 Å². The maximum atomic E-state index is 5.29. The first-order valence-electron chi connectivity index (χ1n) is 5.42. The van der Waals surface area contributed by atoms with Crippen molar-refractivity contribution < 1.29 is 4.42 Å². The fraction of sp³-hybridized carbons (Fsp3) is 0.0833. The summed E-state index contributed by atoms with van der Waals surface area (Å²) in [7, 11) is 0. The monoisotopic (exact) mass is 258 g/mol. The predicted molar refractivity (Wildman–Crippen MR) is 69.0 cm³/mol. The second-order valence-electron chi connectivity index (χ2n) is 3.84. The minimum atomic E-state index is 0.233. The number of H-pyrrole nitrogens is 1. The molecule has 0 amide bonds. The predicted octanol–water partition coefficient (Wildman–Crippen LogP) is 2.89. The highest BCUT2D eigenvalue weighted by atomic mass is 32.1. The molecule has 1 N–H and O–H groups in total. The van der Waals surface area contributed by atoms with E-state index >= 15 is 0 Å². The van der Waals surface area contributed by atoms with Gasteiger partial charge in [-0.3, -0.25) is 0 Å². The molecule has 0 bridgehead atoms. The first-order chi connectivity index (χ1) is 8.74. The van der Waals surface area contributed by atoms with Gasteiger partial charge >= 0.3 is 6.01 Å². The van der Waals surface area contributed by atoms with E-state index in [1.54, 1.807) is 4.68 Å². The van der Waals surface area contributed by atoms with Gasteiger partial charge in [-0.2, -0.15) is 9.78 Å². The minimum Gasteiger partial charge on any atom is -0.394 e. The molecule has 2 heterocycles. The number of hydrogen-bond donors (Lipinski definition) is 1. The number of aromatic amines is 1. The van der Waals surface area contributed by atoms with Crippen LogP contribution < -0.4 is 0 Å². The van der Waals surface area contributed by atoms with Gasteiger partial charge in [-0.25, -0.2) is 5.10 Å². The average Bonchev–Trinajstić information content (AvgIpc) is 2.96. The van der Waals surface area contributed by atoms with Crippen LogP contribution in [0.2, 0.25) is 0 Å². The summed E-state index contributed by atoms with van der Waals surface area (Å²) in [4.78, 5) is 0.233. The van der Waals surface area contributed by atoms with Crippen molar-refractivity contribution in [2.45, 2.75) is 6.92 Å². The van der Waals surface area contributed by atoms with Crippen molar-refractivity contribution in [3.63, 3.8) is 0 Å². The molecule has 90 valence electrons. The van der Waals surface area contributed by atoms with E-state index in [-0.39, 0.29) is 4.84 Å². The van der Waals surface area contributed by atoms with Crippen LogP contribution in [0.4, 0.5) is 0 Å². The number of rotatable bonds is 2. The third-order valence-electron chi connectivity index (χ3n) is 2.51. The maximum Gasteiger partial charge on any atom is 0.343 e. The number of hydrogen-bond acceptors (Lipinski definition) is 4. The van der Waals surface area contributed by atoms with Crippen LogP contribution in [-0.4, -0.2) is 20.0 Å². The SMILES string of the molecule is Cc1cc(-c2ccccc2)n(-c2n[nH]c(=S)o2)n1. The number of nitrogens with zero attached hydrogens (tertiary/aromatic N) is 3. The van der Waals surface area contributed by atoms with Crippen LogP contribution in [0, 0.1) is 11.8 Å². The molecule has 0 fully saturated rings. The minimum absolute atomic E-state index is 0.233. The van der Waals surface area contributed by atoms with E-state index in [1.807, 2.05) is 43.3 Å². The molecule has 6 heteroatoms. The van der Waals surface area contributed by atoms with Gasteiger partial charge in [-0.1, -0.05) is 30.3 Å². The quantitative estimate of drug-likeness (QED) is 0.718. The van der Waals surface area contributed by atoms with Gasteiger partial charge in [0.1, 0.15) is 0 Å². The lowest BCUT2D eigenvalue weighted by atomic mass is 10.1. The average molecular weight is 258 g/mol. The summed E-state index contributed by atoms with van der Waals surface area (Å²) in [6.45, 7) is 1.92. The van der Waals surface area contributed by atoms with Gasteiger partial charge in [0.05, 0.1) is 11.4 Å². The highest BCUT2D eigenvalue weighted by molar-refractivity contribution is 7.71. The molecule has 0 unspecified atom stereocenters. The van der Waals surface area contributed by atoms with Crippen molar-refractivity contribution in [1.82, 2.24) is 20.0 Å². The Kier molecular flexibility index (Phi) is 2.56. The van der Waals surface area contributed by atoms with Crippen molar-refractivity contribution in [1.29, 1.82) is 0 Å². The Morgan fingerprint density at radius 1 is 1.28 bits per heavy atom. The van der Waals surface area contributed by atoms with E-state index < -0.39 is 0 Å². The van der Waals surface area contributed by atoms with Crippen LogP contribution in [-0.2, 0) is 0 Å². The van der Waals surface area contributed by atoms with Crippen LogP contribution in [0.1, 0.15) is 5.69 Å². The van der Waals surface area contributed by atoms with Gasteiger partial charge < -0.3 is 4.42 Å². The standard InChI is InChI=1S/C12H10N4OS/c1-8-7-10(9-5-3-2-4-6-9)16(15-8)11-13-14-12(18)17-11/h2-7H,1H3,(H,14,18). The molecule has 2 aromatic heterocycles. The molecule has 0 saturated carbocycles. The molecule has 5 nitrogen and oxygen atoms in total. The molecule has 1 aromatic carbocycles.